The molecule has 3 aromatic rings. The van der Waals surface area contributed by atoms with Gasteiger partial charge in [0.15, 0.2) is 9.84 Å². The van der Waals surface area contributed by atoms with Crippen molar-refractivity contribution in [1.29, 1.82) is 0 Å². The Balaban J connectivity index is 1.15. The lowest BCUT2D eigenvalue weighted by molar-refractivity contribution is -0.143. The number of ether oxygens (including phenoxy) is 2. The number of aliphatic hydroxyl groups is 1. The molecule has 3 heterocycles. The highest BCUT2D eigenvalue weighted by atomic mass is 32.2. The number of sulfone groups is 1. The number of hydrogen-bond donors (Lipinski definition) is 3. The molecule has 6 rings (SSSR count). The summed E-state index contributed by atoms with van der Waals surface area (Å²) in [6.07, 6.45) is 2.28. The molecule has 1 saturated carbocycles. The number of piperidine rings is 1. The van der Waals surface area contributed by atoms with Gasteiger partial charge in [0.25, 0.3) is 0 Å². The zero-order chi connectivity index (χ0) is 33.9. The number of anilines is 2. The Morgan fingerprint density at radius 1 is 1.10 bits per heavy atom. The van der Waals surface area contributed by atoms with Gasteiger partial charge in [-0.2, -0.15) is 13.2 Å². The number of fused-ring (bicyclic) bond motifs is 1. The van der Waals surface area contributed by atoms with Gasteiger partial charge in [-0.05, 0) is 80.8 Å². The summed E-state index contributed by atoms with van der Waals surface area (Å²) in [6, 6.07) is 10.7. The van der Waals surface area contributed by atoms with E-state index in [2.05, 4.69) is 27.4 Å². The quantitative estimate of drug-likeness (QED) is 0.219. The smallest absolute Gasteiger partial charge is 0.393 e. The maximum absolute atomic E-state index is 13.8. The molecule has 2 aliphatic heterocycles. The molecule has 8 nitrogen and oxygen atoms in total. The molecule has 260 valence electrons. The second-order valence-corrected chi connectivity index (χ2v) is 16.3. The van der Waals surface area contributed by atoms with Gasteiger partial charge in [-0.3, -0.25) is 0 Å². The van der Waals surface area contributed by atoms with Crippen LogP contribution in [0.5, 0.6) is 5.75 Å². The van der Waals surface area contributed by atoms with Gasteiger partial charge in [-0.15, -0.1) is 11.3 Å². The van der Waals surface area contributed by atoms with E-state index in [0.29, 0.717) is 27.4 Å². The van der Waals surface area contributed by atoms with E-state index in [4.69, 9.17) is 9.47 Å². The third-order valence-corrected chi connectivity index (χ3v) is 12.0. The van der Waals surface area contributed by atoms with Crippen LogP contribution in [0.15, 0.2) is 41.3 Å². The highest BCUT2D eigenvalue weighted by Crippen LogP contribution is 2.42. The maximum atomic E-state index is 13.8. The van der Waals surface area contributed by atoms with Crippen LogP contribution < -0.4 is 15.4 Å². The van der Waals surface area contributed by atoms with E-state index < -0.39 is 22.4 Å². The minimum absolute atomic E-state index is 0.0385. The number of nitrogens with one attached hydrogen (secondary N) is 2. The molecule has 1 spiro atoms. The van der Waals surface area contributed by atoms with Crippen LogP contribution in [0.2, 0.25) is 0 Å². The molecule has 2 saturated heterocycles. The van der Waals surface area contributed by atoms with Crippen molar-refractivity contribution in [3.8, 4) is 17.6 Å². The molecule has 1 aromatic heterocycles. The topological polar surface area (TPSA) is 100 Å². The first-order valence-electron chi connectivity index (χ1n) is 16.4. The van der Waals surface area contributed by atoms with E-state index in [1.165, 1.54) is 42.4 Å². The summed E-state index contributed by atoms with van der Waals surface area (Å²) < 4.78 is 77.1. The van der Waals surface area contributed by atoms with Crippen LogP contribution in [-0.2, 0) is 21.0 Å². The summed E-state index contributed by atoms with van der Waals surface area (Å²) in [6.45, 7) is 3.87. The molecule has 0 amide bonds. The number of benzene rings is 2. The van der Waals surface area contributed by atoms with Gasteiger partial charge in [0.05, 0.1) is 58.6 Å². The van der Waals surface area contributed by atoms with Crippen LogP contribution in [0.4, 0.5) is 24.5 Å². The van der Waals surface area contributed by atoms with E-state index >= 15 is 0 Å². The molecule has 0 bridgehead atoms. The van der Waals surface area contributed by atoms with Crippen LogP contribution in [0.1, 0.15) is 49.0 Å². The predicted molar refractivity (Wildman–Crippen MR) is 183 cm³/mol. The zero-order valence-electron chi connectivity index (χ0n) is 27.0. The first-order valence-corrected chi connectivity index (χ1v) is 19.1. The fourth-order valence-corrected chi connectivity index (χ4v) is 8.83. The first-order chi connectivity index (χ1) is 22.9. The van der Waals surface area contributed by atoms with Crippen molar-refractivity contribution in [2.45, 2.75) is 68.1 Å². The lowest BCUT2D eigenvalue weighted by atomic mass is 9.76. The Hall–Kier alpha value is -3.02. The van der Waals surface area contributed by atoms with Gasteiger partial charge in [0, 0.05) is 29.8 Å². The molecule has 1 aliphatic carbocycles. The van der Waals surface area contributed by atoms with Gasteiger partial charge in [-0.1, -0.05) is 24.0 Å². The molecular formula is C35H42F3N3O5S2. The molecule has 0 atom stereocenters. The third kappa shape index (κ3) is 8.22. The molecular weight excluding hydrogens is 664 g/mol. The summed E-state index contributed by atoms with van der Waals surface area (Å²) in [5.41, 5.74) is 1.89. The number of rotatable bonds is 10. The predicted octanol–water partition coefficient (Wildman–Crippen LogP) is 6.08. The van der Waals surface area contributed by atoms with Crippen molar-refractivity contribution in [2.24, 2.45) is 5.41 Å². The minimum Gasteiger partial charge on any atom is -0.489 e. The second-order valence-electron chi connectivity index (χ2n) is 13.2. The first kappa shape index (κ1) is 34.8. The Kier molecular flexibility index (Phi) is 10.5. The second kappa shape index (κ2) is 14.5. The van der Waals surface area contributed by atoms with Crippen molar-refractivity contribution in [3.63, 3.8) is 0 Å². The Bertz CT molecular complexity index is 1760. The summed E-state index contributed by atoms with van der Waals surface area (Å²) in [5, 5.41) is 16.5. The van der Waals surface area contributed by atoms with Gasteiger partial charge in [-0.25, -0.2) is 8.42 Å². The number of aliphatic hydroxyl groups excluding tert-OH is 1. The zero-order valence-corrected chi connectivity index (χ0v) is 28.6. The fourth-order valence-electron chi connectivity index (χ4n) is 7.03. The Labute approximate surface area is 283 Å². The number of halogens is 3. The van der Waals surface area contributed by atoms with Crippen molar-refractivity contribution in [2.75, 3.05) is 63.0 Å². The highest BCUT2D eigenvalue weighted by Gasteiger charge is 2.42. The number of alkyl halides is 3. The van der Waals surface area contributed by atoms with Crippen molar-refractivity contribution in [3.05, 3.63) is 46.8 Å². The van der Waals surface area contributed by atoms with Crippen molar-refractivity contribution in [1.82, 2.24) is 4.90 Å². The van der Waals surface area contributed by atoms with E-state index in [9.17, 15) is 26.7 Å². The van der Waals surface area contributed by atoms with E-state index in [0.717, 1.165) is 68.6 Å². The largest absolute Gasteiger partial charge is 0.489 e. The van der Waals surface area contributed by atoms with Gasteiger partial charge in [0.2, 0.25) is 0 Å². The molecule has 0 radical (unpaired) electrons. The molecule has 0 unspecified atom stereocenters. The van der Waals surface area contributed by atoms with Crippen molar-refractivity contribution >= 4 is 42.6 Å². The van der Waals surface area contributed by atoms with Crippen molar-refractivity contribution < 1.29 is 36.2 Å². The summed E-state index contributed by atoms with van der Waals surface area (Å²) in [4.78, 5) is 3.08. The molecule has 13 heteroatoms. The van der Waals surface area contributed by atoms with Gasteiger partial charge in [0.1, 0.15) is 12.4 Å². The normalized spacial score (nSPS) is 21.4. The van der Waals surface area contributed by atoms with Crippen LogP contribution in [-0.4, -0.2) is 89.0 Å². The monoisotopic (exact) mass is 705 g/mol. The number of thiophene rings is 1. The average molecular weight is 706 g/mol. The fraction of sp³-hybridized carbons (Fsp3) is 0.543. The average Bonchev–Trinajstić information content (AvgIpc) is 3.38. The highest BCUT2D eigenvalue weighted by molar-refractivity contribution is 7.90. The van der Waals surface area contributed by atoms with Gasteiger partial charge < -0.3 is 30.1 Å². The van der Waals surface area contributed by atoms with Crippen LogP contribution >= 0.6 is 11.3 Å². The number of likely N-dealkylation sites (tertiary alicyclic amines) is 1. The van der Waals surface area contributed by atoms with Crippen LogP contribution in [0, 0.1) is 17.3 Å². The standard InChI is InChI=1S/C35H42F3N3O5S2/c1-48(43,44)26-11-12-29(31(20-26)46-19-18-42)39-15-3-6-32-28(21-35(36,37)38)27-4-2-5-30(33(27)47-32)40-24-7-9-25(10-8-24)41-16-13-34(14-17-41)22-45-23-34/h2,4-5,11-12,20,24-25,39-40,42H,7-10,13-19,21-23H2,1H3. The molecule has 2 aromatic carbocycles. The van der Waals surface area contributed by atoms with Gasteiger partial charge >= 0.3 is 6.18 Å². The summed E-state index contributed by atoms with van der Waals surface area (Å²) in [5.74, 6) is 6.14. The lowest BCUT2D eigenvalue weighted by Crippen LogP contribution is -2.53. The summed E-state index contributed by atoms with van der Waals surface area (Å²) >= 11 is 1.27. The van der Waals surface area contributed by atoms with E-state index in [1.807, 2.05) is 12.1 Å². The third-order valence-electron chi connectivity index (χ3n) is 9.74. The van der Waals surface area contributed by atoms with E-state index in [-0.39, 0.29) is 42.0 Å². The Morgan fingerprint density at radius 2 is 1.85 bits per heavy atom. The SMILES string of the molecule is CS(=O)(=O)c1ccc(NCC#Cc2sc3c(NC4CCC(N5CCC6(CC5)COC6)CC4)cccc3c2CC(F)(F)F)c(OCCO)c1. The van der Waals surface area contributed by atoms with E-state index in [1.54, 1.807) is 6.07 Å². The summed E-state index contributed by atoms with van der Waals surface area (Å²) in [7, 11) is -3.48. The lowest BCUT2D eigenvalue weighted by Gasteiger charge is -2.49. The number of hydrogen-bond acceptors (Lipinski definition) is 9. The van der Waals surface area contributed by atoms with Crippen LogP contribution in [0.25, 0.3) is 10.1 Å². The maximum Gasteiger partial charge on any atom is 0.393 e. The van der Waals surface area contributed by atoms with Crippen LogP contribution in [0.3, 0.4) is 0 Å². The molecule has 3 N–H and O–H groups in total. The molecule has 3 fully saturated rings. The number of nitrogens with zero attached hydrogens (tertiary/aromatic N) is 1. The molecule has 48 heavy (non-hydrogen) atoms. The minimum atomic E-state index is -4.40. The Morgan fingerprint density at radius 3 is 2.50 bits per heavy atom. The molecule has 3 aliphatic rings.